The molecule has 1 saturated heterocycles. The highest BCUT2D eigenvalue weighted by Crippen LogP contribution is 2.26. The normalized spacial score (nSPS) is 21.4. The number of hydrogen-bond acceptors (Lipinski definition) is 4. The first-order chi connectivity index (χ1) is 9.24. The minimum atomic E-state index is -0.910. The zero-order valence-electron chi connectivity index (χ0n) is 10.8. The van der Waals surface area contributed by atoms with E-state index in [-0.39, 0.29) is 0 Å². The third kappa shape index (κ3) is 2.56. The fraction of sp³-hybridized carbons (Fsp3) is 0.571. The van der Waals surface area contributed by atoms with Crippen molar-refractivity contribution in [2.45, 2.75) is 25.7 Å². The zero-order chi connectivity index (χ0) is 13.2. The number of fused-ring (bicyclic) bond motifs is 1. The lowest BCUT2D eigenvalue weighted by Crippen LogP contribution is -2.17. The van der Waals surface area contributed by atoms with Crippen molar-refractivity contribution in [2.24, 2.45) is 5.92 Å². The molecule has 1 unspecified atom stereocenters. The standard InChI is InChI=1S/C14H18N2O3/c17-14(18)11-6-10-2-1-3-12(10)16-13(11)15-7-9-4-5-19-8-9/h6,9H,1-5,7-8H2,(H,15,16)(H,17,18). The minimum Gasteiger partial charge on any atom is -0.478 e. The maximum atomic E-state index is 11.3. The Balaban J connectivity index is 1.80. The number of pyridine rings is 1. The molecule has 1 aliphatic heterocycles. The molecule has 0 aromatic carbocycles. The van der Waals surface area contributed by atoms with Gasteiger partial charge in [-0.1, -0.05) is 0 Å². The van der Waals surface area contributed by atoms with Crippen LogP contribution in [0.15, 0.2) is 6.07 Å². The molecule has 5 nitrogen and oxygen atoms in total. The highest BCUT2D eigenvalue weighted by molar-refractivity contribution is 5.93. The van der Waals surface area contributed by atoms with E-state index in [1.165, 1.54) is 0 Å². The van der Waals surface area contributed by atoms with Gasteiger partial charge in [0.25, 0.3) is 0 Å². The summed E-state index contributed by atoms with van der Waals surface area (Å²) in [4.78, 5) is 15.8. The Morgan fingerprint density at radius 2 is 2.42 bits per heavy atom. The van der Waals surface area contributed by atoms with Crippen LogP contribution in [-0.2, 0) is 17.6 Å². The smallest absolute Gasteiger partial charge is 0.339 e. The summed E-state index contributed by atoms with van der Waals surface area (Å²) in [5, 5.41) is 12.5. The number of carbonyl (C=O) groups is 1. The molecule has 0 bridgehead atoms. The molecule has 0 amide bonds. The van der Waals surface area contributed by atoms with Crippen LogP contribution in [0, 0.1) is 5.92 Å². The summed E-state index contributed by atoms with van der Waals surface area (Å²) in [5.41, 5.74) is 2.43. The lowest BCUT2D eigenvalue weighted by Gasteiger charge is -2.13. The van der Waals surface area contributed by atoms with E-state index in [0.717, 1.165) is 56.7 Å². The Bertz CT molecular complexity index is 496. The first-order valence-electron chi connectivity index (χ1n) is 6.82. The van der Waals surface area contributed by atoms with Gasteiger partial charge in [0.15, 0.2) is 0 Å². The van der Waals surface area contributed by atoms with Gasteiger partial charge in [-0.25, -0.2) is 9.78 Å². The number of hydrogen-bond donors (Lipinski definition) is 2. The van der Waals surface area contributed by atoms with Crippen molar-refractivity contribution in [1.29, 1.82) is 0 Å². The third-order valence-corrected chi connectivity index (χ3v) is 3.86. The fourth-order valence-corrected chi connectivity index (χ4v) is 2.76. The molecule has 1 atom stereocenters. The highest BCUT2D eigenvalue weighted by Gasteiger charge is 2.21. The van der Waals surface area contributed by atoms with Gasteiger partial charge in [0.2, 0.25) is 0 Å². The van der Waals surface area contributed by atoms with E-state index in [2.05, 4.69) is 10.3 Å². The number of carboxylic acid groups (broad SMARTS) is 1. The van der Waals surface area contributed by atoms with Gasteiger partial charge in [-0.2, -0.15) is 0 Å². The maximum Gasteiger partial charge on any atom is 0.339 e. The fourth-order valence-electron chi connectivity index (χ4n) is 2.76. The van der Waals surface area contributed by atoms with Crippen LogP contribution in [0.5, 0.6) is 0 Å². The van der Waals surface area contributed by atoms with Crippen LogP contribution in [0.2, 0.25) is 0 Å². The summed E-state index contributed by atoms with van der Waals surface area (Å²) in [6.45, 7) is 2.28. The van der Waals surface area contributed by atoms with E-state index in [1.54, 1.807) is 6.07 Å². The van der Waals surface area contributed by atoms with Crippen LogP contribution < -0.4 is 5.32 Å². The molecular formula is C14H18N2O3. The number of nitrogens with one attached hydrogen (secondary N) is 1. The SMILES string of the molecule is O=C(O)c1cc2c(nc1NCC1CCOC1)CCC2. The first kappa shape index (κ1) is 12.4. The second-order valence-corrected chi connectivity index (χ2v) is 5.26. The predicted octanol–water partition coefficient (Wildman–Crippen LogP) is 1.72. The van der Waals surface area contributed by atoms with Crippen molar-refractivity contribution in [2.75, 3.05) is 25.1 Å². The molecule has 1 aliphatic carbocycles. The highest BCUT2D eigenvalue weighted by atomic mass is 16.5. The summed E-state index contributed by atoms with van der Waals surface area (Å²) >= 11 is 0. The van der Waals surface area contributed by atoms with Crippen molar-refractivity contribution >= 4 is 11.8 Å². The van der Waals surface area contributed by atoms with Gasteiger partial charge in [0.05, 0.1) is 6.61 Å². The molecule has 19 heavy (non-hydrogen) atoms. The minimum absolute atomic E-state index is 0.291. The van der Waals surface area contributed by atoms with Crippen molar-refractivity contribution in [1.82, 2.24) is 4.98 Å². The predicted molar refractivity (Wildman–Crippen MR) is 70.6 cm³/mol. The van der Waals surface area contributed by atoms with Crippen molar-refractivity contribution < 1.29 is 14.6 Å². The summed E-state index contributed by atoms with van der Waals surface area (Å²) in [6, 6.07) is 1.78. The van der Waals surface area contributed by atoms with E-state index in [0.29, 0.717) is 17.3 Å². The Kier molecular flexibility index (Phi) is 3.38. The van der Waals surface area contributed by atoms with E-state index in [4.69, 9.17) is 4.74 Å². The average Bonchev–Trinajstić information content (AvgIpc) is 3.05. The molecule has 1 aromatic rings. The van der Waals surface area contributed by atoms with E-state index in [9.17, 15) is 9.90 Å². The summed E-state index contributed by atoms with van der Waals surface area (Å²) < 4.78 is 5.32. The molecular weight excluding hydrogens is 244 g/mol. The quantitative estimate of drug-likeness (QED) is 0.864. The summed E-state index contributed by atoms with van der Waals surface area (Å²) in [5.74, 6) is 0.0594. The largest absolute Gasteiger partial charge is 0.478 e. The Morgan fingerprint density at radius 3 is 3.16 bits per heavy atom. The number of anilines is 1. The van der Waals surface area contributed by atoms with Gasteiger partial charge in [-0.15, -0.1) is 0 Å². The van der Waals surface area contributed by atoms with Gasteiger partial charge < -0.3 is 15.2 Å². The molecule has 2 N–H and O–H groups in total. The number of carboxylic acids is 1. The number of aromatic carboxylic acids is 1. The second-order valence-electron chi connectivity index (χ2n) is 5.26. The lowest BCUT2D eigenvalue weighted by atomic mass is 10.1. The van der Waals surface area contributed by atoms with Crippen LogP contribution in [0.1, 0.15) is 34.5 Å². The third-order valence-electron chi connectivity index (χ3n) is 3.86. The number of nitrogens with zero attached hydrogens (tertiary/aromatic N) is 1. The van der Waals surface area contributed by atoms with Crippen molar-refractivity contribution in [3.05, 3.63) is 22.9 Å². The monoisotopic (exact) mass is 262 g/mol. The topological polar surface area (TPSA) is 71.5 Å². The van der Waals surface area contributed by atoms with Crippen molar-refractivity contribution in [3.63, 3.8) is 0 Å². The average molecular weight is 262 g/mol. The first-order valence-corrected chi connectivity index (χ1v) is 6.82. The number of rotatable bonds is 4. The number of aromatic nitrogens is 1. The summed E-state index contributed by atoms with van der Waals surface area (Å²) in [6.07, 6.45) is 4.00. The van der Waals surface area contributed by atoms with Gasteiger partial charge >= 0.3 is 5.97 Å². The van der Waals surface area contributed by atoms with Gasteiger partial charge in [-0.3, -0.25) is 0 Å². The molecule has 2 aliphatic rings. The van der Waals surface area contributed by atoms with Crippen LogP contribution in [0.4, 0.5) is 5.82 Å². The molecule has 1 aromatic heterocycles. The van der Waals surface area contributed by atoms with E-state index in [1.807, 2.05) is 0 Å². The molecule has 0 spiro atoms. The zero-order valence-corrected chi connectivity index (χ0v) is 10.8. The molecule has 1 fully saturated rings. The summed E-state index contributed by atoms with van der Waals surface area (Å²) in [7, 11) is 0. The number of aryl methyl sites for hydroxylation is 2. The number of ether oxygens (including phenoxy) is 1. The molecule has 0 saturated carbocycles. The van der Waals surface area contributed by atoms with Crippen LogP contribution >= 0.6 is 0 Å². The molecule has 2 heterocycles. The van der Waals surface area contributed by atoms with Crippen LogP contribution in [0.3, 0.4) is 0 Å². The van der Waals surface area contributed by atoms with E-state index >= 15 is 0 Å². The van der Waals surface area contributed by atoms with Crippen LogP contribution in [0.25, 0.3) is 0 Å². The lowest BCUT2D eigenvalue weighted by molar-refractivity contribution is 0.0697. The molecule has 5 heteroatoms. The molecule has 3 rings (SSSR count). The molecule has 102 valence electrons. The van der Waals surface area contributed by atoms with Gasteiger partial charge in [-0.05, 0) is 37.3 Å². The maximum absolute atomic E-state index is 11.3. The van der Waals surface area contributed by atoms with Gasteiger partial charge in [0.1, 0.15) is 11.4 Å². The van der Waals surface area contributed by atoms with Crippen LogP contribution in [-0.4, -0.2) is 35.8 Å². The molecule has 0 radical (unpaired) electrons. The second kappa shape index (κ2) is 5.17. The van der Waals surface area contributed by atoms with E-state index < -0.39 is 5.97 Å². The Morgan fingerprint density at radius 1 is 1.53 bits per heavy atom. The Hall–Kier alpha value is -1.62. The van der Waals surface area contributed by atoms with Gasteiger partial charge in [0, 0.05) is 24.8 Å². The van der Waals surface area contributed by atoms with Crippen molar-refractivity contribution in [3.8, 4) is 0 Å². The Labute approximate surface area is 112 Å².